The van der Waals surface area contributed by atoms with E-state index in [2.05, 4.69) is 5.32 Å². The molecule has 3 aromatic rings. The number of ether oxygens (including phenoxy) is 1. The Balaban J connectivity index is 1.75. The number of rotatable bonds is 4. The number of anilines is 1. The van der Waals surface area contributed by atoms with Gasteiger partial charge >= 0.3 is 5.97 Å². The number of amides is 2. The second-order valence-corrected chi connectivity index (χ2v) is 8.48. The highest BCUT2D eigenvalue weighted by atomic mass is 32.1. The van der Waals surface area contributed by atoms with E-state index >= 15 is 0 Å². The average molecular weight is 492 g/mol. The Morgan fingerprint density at radius 3 is 2.37 bits per heavy atom. The standard InChI is InChI=1S/C26H22FN3O4S/c1-14-11-17(25(33)34-4)5-10-22(14)29-15(2)12-18(16(29)3)13-21-23(31)28-26(35)30(24(21)32)20-8-6-19(27)7-9-20/h5-13H,1-4H3,(H,28,31,35)/b21-13-. The number of methoxy groups -OCH3 is 1. The summed E-state index contributed by atoms with van der Waals surface area (Å²) >= 11 is 5.20. The number of benzene rings is 2. The van der Waals surface area contributed by atoms with Crippen LogP contribution in [0.2, 0.25) is 0 Å². The van der Waals surface area contributed by atoms with Gasteiger partial charge in [0.15, 0.2) is 5.11 Å². The van der Waals surface area contributed by atoms with E-state index in [1.54, 1.807) is 12.1 Å². The summed E-state index contributed by atoms with van der Waals surface area (Å²) < 4.78 is 20.1. The molecule has 0 saturated carbocycles. The number of halogens is 1. The number of aryl methyl sites for hydroxylation is 2. The number of hydrogen-bond acceptors (Lipinski definition) is 5. The number of hydrogen-bond donors (Lipinski definition) is 1. The van der Waals surface area contributed by atoms with Crippen LogP contribution >= 0.6 is 12.2 Å². The summed E-state index contributed by atoms with van der Waals surface area (Å²) in [6.07, 6.45) is 1.52. The molecule has 0 aliphatic carbocycles. The van der Waals surface area contributed by atoms with Crippen LogP contribution in [-0.4, -0.2) is 34.6 Å². The van der Waals surface area contributed by atoms with Crippen molar-refractivity contribution in [2.24, 2.45) is 0 Å². The molecule has 1 aliphatic heterocycles. The monoisotopic (exact) mass is 491 g/mol. The van der Waals surface area contributed by atoms with Crippen LogP contribution in [0.3, 0.4) is 0 Å². The molecule has 2 amide bonds. The van der Waals surface area contributed by atoms with Crippen molar-refractivity contribution in [2.75, 3.05) is 12.0 Å². The smallest absolute Gasteiger partial charge is 0.337 e. The van der Waals surface area contributed by atoms with Crippen molar-refractivity contribution in [1.29, 1.82) is 0 Å². The van der Waals surface area contributed by atoms with E-state index in [1.807, 2.05) is 37.5 Å². The van der Waals surface area contributed by atoms with Gasteiger partial charge in [-0.05, 0) is 98.7 Å². The molecule has 2 heterocycles. The first-order chi connectivity index (χ1) is 16.6. The number of carbonyl (C=O) groups excluding carboxylic acids is 3. The number of nitrogens with zero attached hydrogens (tertiary/aromatic N) is 2. The maximum atomic E-state index is 13.4. The van der Waals surface area contributed by atoms with Crippen LogP contribution in [0.15, 0.2) is 54.1 Å². The summed E-state index contributed by atoms with van der Waals surface area (Å²) in [6.45, 7) is 5.67. The first-order valence-corrected chi connectivity index (χ1v) is 11.1. The maximum Gasteiger partial charge on any atom is 0.337 e. The lowest BCUT2D eigenvalue weighted by atomic mass is 10.1. The topological polar surface area (TPSA) is 80.6 Å². The van der Waals surface area contributed by atoms with Crippen LogP contribution in [0.4, 0.5) is 10.1 Å². The molecule has 0 bridgehead atoms. The van der Waals surface area contributed by atoms with Gasteiger partial charge in [-0.3, -0.25) is 19.8 Å². The molecule has 7 nitrogen and oxygen atoms in total. The Kier molecular flexibility index (Phi) is 6.36. The zero-order valence-electron chi connectivity index (χ0n) is 19.5. The number of aromatic nitrogens is 1. The second-order valence-electron chi connectivity index (χ2n) is 8.09. The molecule has 0 atom stereocenters. The first-order valence-electron chi connectivity index (χ1n) is 10.7. The zero-order chi connectivity index (χ0) is 25.4. The van der Waals surface area contributed by atoms with Gasteiger partial charge in [-0.1, -0.05) is 0 Å². The highest BCUT2D eigenvalue weighted by molar-refractivity contribution is 7.80. The van der Waals surface area contributed by atoms with Gasteiger partial charge in [0, 0.05) is 17.1 Å². The van der Waals surface area contributed by atoms with Gasteiger partial charge in [0.25, 0.3) is 11.8 Å². The van der Waals surface area contributed by atoms with Crippen molar-refractivity contribution < 1.29 is 23.5 Å². The van der Waals surface area contributed by atoms with E-state index in [9.17, 15) is 18.8 Å². The highest BCUT2D eigenvalue weighted by Crippen LogP contribution is 2.28. The summed E-state index contributed by atoms with van der Waals surface area (Å²) in [6, 6.07) is 12.4. The van der Waals surface area contributed by atoms with Gasteiger partial charge in [-0.15, -0.1) is 0 Å². The van der Waals surface area contributed by atoms with Crippen LogP contribution in [0.5, 0.6) is 0 Å². The molecule has 1 aliphatic rings. The Morgan fingerprint density at radius 2 is 1.74 bits per heavy atom. The first kappa shape index (κ1) is 24.0. The highest BCUT2D eigenvalue weighted by Gasteiger charge is 2.34. The summed E-state index contributed by atoms with van der Waals surface area (Å²) in [7, 11) is 1.33. The Hall–Kier alpha value is -4.11. The Morgan fingerprint density at radius 1 is 1.06 bits per heavy atom. The molecule has 178 valence electrons. The summed E-state index contributed by atoms with van der Waals surface area (Å²) in [5.41, 5.74) is 4.74. The molecule has 0 radical (unpaired) electrons. The van der Waals surface area contributed by atoms with Gasteiger partial charge in [0.05, 0.1) is 18.4 Å². The average Bonchev–Trinajstić information content (AvgIpc) is 3.09. The van der Waals surface area contributed by atoms with E-state index in [0.717, 1.165) is 27.5 Å². The van der Waals surface area contributed by atoms with Crippen LogP contribution < -0.4 is 10.2 Å². The summed E-state index contributed by atoms with van der Waals surface area (Å²) in [5, 5.41) is 2.46. The van der Waals surface area contributed by atoms with Crippen LogP contribution in [-0.2, 0) is 14.3 Å². The molecular formula is C26H22FN3O4S. The van der Waals surface area contributed by atoms with Crippen molar-refractivity contribution in [1.82, 2.24) is 9.88 Å². The lowest BCUT2D eigenvalue weighted by Crippen LogP contribution is -2.54. The Labute approximate surface area is 206 Å². The van der Waals surface area contributed by atoms with Crippen LogP contribution in [0.25, 0.3) is 11.8 Å². The maximum absolute atomic E-state index is 13.4. The van der Waals surface area contributed by atoms with Crippen molar-refractivity contribution in [3.05, 3.63) is 88.0 Å². The van der Waals surface area contributed by atoms with Crippen LogP contribution in [0, 0.1) is 26.6 Å². The number of esters is 1. The van der Waals surface area contributed by atoms with Gasteiger partial charge in [-0.2, -0.15) is 0 Å². The van der Waals surface area contributed by atoms with Crippen molar-refractivity contribution >= 4 is 46.9 Å². The molecule has 0 spiro atoms. The van der Waals surface area contributed by atoms with Gasteiger partial charge in [0.1, 0.15) is 11.4 Å². The summed E-state index contributed by atoms with van der Waals surface area (Å²) in [4.78, 5) is 39.0. The number of thiocarbonyl (C=S) groups is 1. The molecule has 1 fully saturated rings. The molecule has 4 rings (SSSR count). The normalized spacial score (nSPS) is 14.9. The summed E-state index contributed by atoms with van der Waals surface area (Å²) in [5.74, 6) is -2.08. The minimum Gasteiger partial charge on any atom is -0.465 e. The SMILES string of the molecule is COC(=O)c1ccc(-n2c(C)cc(/C=C3/C(=O)NC(=S)N(c4ccc(F)cc4)C3=O)c2C)c(C)c1. The lowest BCUT2D eigenvalue weighted by Gasteiger charge is -2.28. The molecule has 9 heteroatoms. The van der Waals surface area contributed by atoms with E-state index in [-0.39, 0.29) is 10.7 Å². The minimum absolute atomic E-state index is 0.0736. The molecule has 1 aromatic heterocycles. The molecule has 35 heavy (non-hydrogen) atoms. The third kappa shape index (κ3) is 4.38. The zero-order valence-corrected chi connectivity index (χ0v) is 20.3. The van der Waals surface area contributed by atoms with E-state index in [4.69, 9.17) is 17.0 Å². The fourth-order valence-corrected chi connectivity index (χ4v) is 4.37. The van der Waals surface area contributed by atoms with E-state index in [1.165, 1.54) is 37.5 Å². The molecule has 0 unspecified atom stereocenters. The fourth-order valence-electron chi connectivity index (χ4n) is 4.09. The second kappa shape index (κ2) is 9.27. The minimum atomic E-state index is -0.609. The van der Waals surface area contributed by atoms with Crippen molar-refractivity contribution in [3.8, 4) is 5.69 Å². The van der Waals surface area contributed by atoms with Crippen molar-refractivity contribution in [2.45, 2.75) is 20.8 Å². The Bertz CT molecular complexity index is 1420. The number of carbonyl (C=O) groups is 3. The fraction of sp³-hybridized carbons (Fsp3) is 0.154. The van der Waals surface area contributed by atoms with E-state index < -0.39 is 23.6 Å². The molecule has 1 N–H and O–H groups in total. The molecule has 2 aromatic carbocycles. The largest absolute Gasteiger partial charge is 0.465 e. The van der Waals surface area contributed by atoms with Gasteiger partial charge < -0.3 is 9.30 Å². The van der Waals surface area contributed by atoms with Gasteiger partial charge in [0.2, 0.25) is 0 Å². The molecular weight excluding hydrogens is 469 g/mol. The third-order valence-electron chi connectivity index (χ3n) is 5.82. The quantitative estimate of drug-likeness (QED) is 0.257. The number of nitrogens with one attached hydrogen (secondary N) is 1. The predicted molar refractivity (Wildman–Crippen MR) is 134 cm³/mol. The third-order valence-corrected chi connectivity index (χ3v) is 6.10. The van der Waals surface area contributed by atoms with Crippen LogP contribution in [0.1, 0.15) is 32.9 Å². The molecule has 1 saturated heterocycles. The van der Waals surface area contributed by atoms with Gasteiger partial charge in [-0.25, -0.2) is 9.18 Å². The lowest BCUT2D eigenvalue weighted by molar-refractivity contribution is -0.122. The van der Waals surface area contributed by atoms with E-state index in [0.29, 0.717) is 16.8 Å². The predicted octanol–water partition coefficient (Wildman–Crippen LogP) is 4.16. The van der Waals surface area contributed by atoms with Crippen molar-refractivity contribution in [3.63, 3.8) is 0 Å².